The van der Waals surface area contributed by atoms with Crippen molar-refractivity contribution >= 4 is 11.7 Å². The first-order valence-electron chi connectivity index (χ1n) is 8.32. The monoisotopic (exact) mass is 302 g/mol. The quantitative estimate of drug-likeness (QED) is 0.851. The van der Waals surface area contributed by atoms with Gasteiger partial charge in [-0.15, -0.1) is 0 Å². The van der Waals surface area contributed by atoms with Crippen LogP contribution in [0.5, 0.6) is 0 Å². The van der Waals surface area contributed by atoms with E-state index in [4.69, 9.17) is 0 Å². The Labute approximate surface area is 132 Å². The SMILES string of the molecule is CN(C)c1cc(C(=O)N2CCCC2CN2CCCC2)ccn1. The van der Waals surface area contributed by atoms with Gasteiger partial charge in [-0.2, -0.15) is 0 Å². The van der Waals surface area contributed by atoms with Gasteiger partial charge >= 0.3 is 0 Å². The first-order chi connectivity index (χ1) is 10.6. The van der Waals surface area contributed by atoms with Crippen LogP contribution in [0.25, 0.3) is 0 Å². The third-order valence-corrected chi connectivity index (χ3v) is 4.76. The number of pyridine rings is 1. The zero-order valence-corrected chi connectivity index (χ0v) is 13.7. The Morgan fingerprint density at radius 3 is 2.77 bits per heavy atom. The van der Waals surface area contributed by atoms with E-state index in [-0.39, 0.29) is 5.91 Å². The summed E-state index contributed by atoms with van der Waals surface area (Å²) in [7, 11) is 3.89. The van der Waals surface area contributed by atoms with Crippen molar-refractivity contribution in [1.29, 1.82) is 0 Å². The largest absolute Gasteiger partial charge is 0.363 e. The summed E-state index contributed by atoms with van der Waals surface area (Å²) in [5, 5.41) is 0. The molecule has 2 saturated heterocycles. The standard InChI is InChI=1S/C17H26N4O/c1-19(2)16-12-14(7-8-18-16)17(22)21-11-5-6-15(21)13-20-9-3-4-10-20/h7-8,12,15H,3-6,9-11,13H2,1-2H3. The number of hydrogen-bond donors (Lipinski definition) is 0. The Kier molecular flexibility index (Phi) is 4.62. The van der Waals surface area contributed by atoms with Crippen LogP contribution in [0.15, 0.2) is 18.3 Å². The fourth-order valence-corrected chi connectivity index (χ4v) is 3.52. The molecule has 0 bridgehead atoms. The van der Waals surface area contributed by atoms with Crippen LogP contribution in [0, 0.1) is 0 Å². The van der Waals surface area contributed by atoms with Gasteiger partial charge in [0.15, 0.2) is 0 Å². The van der Waals surface area contributed by atoms with Gasteiger partial charge < -0.3 is 14.7 Å². The number of carbonyl (C=O) groups excluding carboxylic acids is 1. The highest BCUT2D eigenvalue weighted by molar-refractivity contribution is 5.95. The maximum atomic E-state index is 12.9. The molecule has 2 fully saturated rings. The molecule has 3 heterocycles. The summed E-state index contributed by atoms with van der Waals surface area (Å²) >= 11 is 0. The molecule has 1 aromatic heterocycles. The molecule has 0 saturated carbocycles. The molecule has 5 heteroatoms. The number of aromatic nitrogens is 1. The van der Waals surface area contributed by atoms with E-state index < -0.39 is 0 Å². The predicted molar refractivity (Wildman–Crippen MR) is 88.3 cm³/mol. The molecule has 120 valence electrons. The van der Waals surface area contributed by atoms with Crippen LogP contribution in [0.2, 0.25) is 0 Å². The van der Waals surface area contributed by atoms with E-state index in [1.165, 1.54) is 25.9 Å². The molecule has 1 atom stereocenters. The van der Waals surface area contributed by atoms with Gasteiger partial charge in [-0.05, 0) is 50.9 Å². The van der Waals surface area contributed by atoms with E-state index in [2.05, 4.69) is 14.8 Å². The third kappa shape index (κ3) is 3.24. The smallest absolute Gasteiger partial charge is 0.254 e. The van der Waals surface area contributed by atoms with Gasteiger partial charge in [-0.25, -0.2) is 4.98 Å². The van der Waals surface area contributed by atoms with Gasteiger partial charge in [0.2, 0.25) is 0 Å². The summed E-state index contributed by atoms with van der Waals surface area (Å²) in [5.41, 5.74) is 0.757. The minimum atomic E-state index is 0.159. The molecule has 1 amide bonds. The Morgan fingerprint density at radius 2 is 2.05 bits per heavy atom. The van der Waals surface area contributed by atoms with Crippen molar-refractivity contribution in [3.8, 4) is 0 Å². The Hall–Kier alpha value is -1.62. The van der Waals surface area contributed by atoms with E-state index in [0.29, 0.717) is 6.04 Å². The van der Waals surface area contributed by atoms with Crippen molar-refractivity contribution in [2.75, 3.05) is 45.2 Å². The summed E-state index contributed by atoms with van der Waals surface area (Å²) in [6.07, 6.45) is 6.59. The number of anilines is 1. The summed E-state index contributed by atoms with van der Waals surface area (Å²) < 4.78 is 0. The lowest BCUT2D eigenvalue weighted by atomic mass is 10.1. The topological polar surface area (TPSA) is 39.7 Å². The van der Waals surface area contributed by atoms with Crippen molar-refractivity contribution < 1.29 is 4.79 Å². The average Bonchev–Trinajstić information content (AvgIpc) is 3.19. The summed E-state index contributed by atoms with van der Waals surface area (Å²) in [6, 6.07) is 4.11. The molecule has 0 aromatic carbocycles. The molecule has 0 radical (unpaired) electrons. The number of nitrogens with zero attached hydrogens (tertiary/aromatic N) is 4. The van der Waals surface area contributed by atoms with Crippen LogP contribution in [0.4, 0.5) is 5.82 Å². The minimum absolute atomic E-state index is 0.159. The van der Waals surface area contributed by atoms with Gasteiger partial charge in [0.25, 0.3) is 5.91 Å². The molecular weight excluding hydrogens is 276 g/mol. The van der Waals surface area contributed by atoms with Crippen molar-refractivity contribution in [1.82, 2.24) is 14.8 Å². The number of likely N-dealkylation sites (tertiary alicyclic amines) is 2. The summed E-state index contributed by atoms with van der Waals surface area (Å²) in [4.78, 5) is 23.7. The fraction of sp³-hybridized carbons (Fsp3) is 0.647. The van der Waals surface area contributed by atoms with Gasteiger partial charge in [-0.3, -0.25) is 4.79 Å². The van der Waals surface area contributed by atoms with Crippen LogP contribution in [-0.4, -0.2) is 67.0 Å². The number of amides is 1. The van der Waals surface area contributed by atoms with Crippen LogP contribution in [0.1, 0.15) is 36.0 Å². The van der Waals surface area contributed by atoms with Crippen molar-refractivity contribution in [2.45, 2.75) is 31.7 Å². The molecular formula is C17H26N4O. The maximum absolute atomic E-state index is 12.9. The maximum Gasteiger partial charge on any atom is 0.254 e. The number of rotatable bonds is 4. The fourth-order valence-electron chi connectivity index (χ4n) is 3.52. The molecule has 0 N–H and O–H groups in total. The molecule has 0 spiro atoms. The number of hydrogen-bond acceptors (Lipinski definition) is 4. The molecule has 1 aromatic rings. The Morgan fingerprint density at radius 1 is 1.27 bits per heavy atom. The zero-order chi connectivity index (χ0) is 15.5. The molecule has 1 unspecified atom stereocenters. The van der Waals surface area contributed by atoms with Crippen LogP contribution in [0.3, 0.4) is 0 Å². The zero-order valence-electron chi connectivity index (χ0n) is 13.7. The molecule has 22 heavy (non-hydrogen) atoms. The second-order valence-electron chi connectivity index (χ2n) is 6.60. The molecule has 2 aliphatic heterocycles. The van der Waals surface area contributed by atoms with Gasteiger partial charge in [0.05, 0.1) is 0 Å². The van der Waals surface area contributed by atoms with Gasteiger partial charge in [0.1, 0.15) is 5.82 Å². The lowest BCUT2D eigenvalue weighted by Gasteiger charge is -2.28. The van der Waals surface area contributed by atoms with Crippen LogP contribution in [-0.2, 0) is 0 Å². The van der Waals surface area contributed by atoms with Crippen molar-refractivity contribution in [2.24, 2.45) is 0 Å². The predicted octanol–water partition coefficient (Wildman–Crippen LogP) is 1.85. The van der Waals surface area contributed by atoms with Gasteiger partial charge in [0, 0.05) is 45.0 Å². The van der Waals surface area contributed by atoms with Crippen molar-refractivity contribution in [3.05, 3.63) is 23.9 Å². The third-order valence-electron chi connectivity index (χ3n) is 4.76. The van der Waals surface area contributed by atoms with Crippen molar-refractivity contribution in [3.63, 3.8) is 0 Å². The number of carbonyl (C=O) groups is 1. The van der Waals surface area contributed by atoms with E-state index in [1.54, 1.807) is 6.20 Å². The van der Waals surface area contributed by atoms with Gasteiger partial charge in [-0.1, -0.05) is 0 Å². The first-order valence-corrected chi connectivity index (χ1v) is 8.32. The Bertz CT molecular complexity index is 525. The molecule has 3 rings (SSSR count). The summed E-state index contributed by atoms with van der Waals surface area (Å²) in [6.45, 7) is 4.31. The van der Waals surface area contributed by atoms with E-state index >= 15 is 0 Å². The summed E-state index contributed by atoms with van der Waals surface area (Å²) in [5.74, 6) is 0.994. The highest BCUT2D eigenvalue weighted by Crippen LogP contribution is 2.23. The lowest BCUT2D eigenvalue weighted by molar-refractivity contribution is 0.0708. The van der Waals surface area contributed by atoms with E-state index in [1.807, 2.05) is 31.1 Å². The highest BCUT2D eigenvalue weighted by Gasteiger charge is 2.31. The molecule has 2 aliphatic rings. The average molecular weight is 302 g/mol. The van der Waals surface area contributed by atoms with Crippen LogP contribution >= 0.6 is 0 Å². The second-order valence-corrected chi connectivity index (χ2v) is 6.60. The Balaban J connectivity index is 1.71. The normalized spacial score (nSPS) is 22.3. The first kappa shape index (κ1) is 15.3. The lowest BCUT2D eigenvalue weighted by Crippen LogP contribution is -2.42. The molecule has 5 nitrogen and oxygen atoms in total. The van der Waals surface area contributed by atoms with E-state index in [9.17, 15) is 4.79 Å². The van der Waals surface area contributed by atoms with E-state index in [0.717, 1.165) is 37.3 Å². The second kappa shape index (κ2) is 6.65. The highest BCUT2D eigenvalue weighted by atomic mass is 16.2. The van der Waals surface area contributed by atoms with Crippen LogP contribution < -0.4 is 4.90 Å². The molecule has 0 aliphatic carbocycles. The minimum Gasteiger partial charge on any atom is -0.363 e.